The minimum Gasteiger partial charge on any atom is -0.481 e. The highest BCUT2D eigenvalue weighted by molar-refractivity contribution is 5.81. The van der Waals surface area contributed by atoms with Crippen molar-refractivity contribution in [3.8, 4) is 11.1 Å². The Kier molecular flexibility index (Phi) is 6.03. The molecule has 1 unspecified atom stereocenters. The first kappa shape index (κ1) is 23.4. The number of rotatable bonds is 9. The van der Waals surface area contributed by atoms with Gasteiger partial charge in [0, 0.05) is 12.3 Å². The van der Waals surface area contributed by atoms with E-state index in [1.165, 1.54) is 11.1 Å². The van der Waals surface area contributed by atoms with Crippen molar-refractivity contribution >= 4 is 18.0 Å². The van der Waals surface area contributed by atoms with E-state index in [1.807, 2.05) is 31.2 Å². The molecular formula is C28H32N2O5. The van der Waals surface area contributed by atoms with Crippen LogP contribution in [0.1, 0.15) is 68.9 Å². The Labute approximate surface area is 205 Å². The zero-order valence-electron chi connectivity index (χ0n) is 20.0. The lowest BCUT2D eigenvalue weighted by molar-refractivity contribution is -0.140. The molecule has 3 N–H and O–H groups in total. The van der Waals surface area contributed by atoms with Crippen LogP contribution in [0.25, 0.3) is 11.1 Å². The van der Waals surface area contributed by atoms with Gasteiger partial charge in [-0.05, 0) is 67.2 Å². The van der Waals surface area contributed by atoms with Crippen molar-refractivity contribution in [2.75, 3.05) is 6.61 Å². The van der Waals surface area contributed by atoms with Gasteiger partial charge in [0.25, 0.3) is 0 Å². The van der Waals surface area contributed by atoms with Gasteiger partial charge in [-0.3, -0.25) is 9.59 Å². The fraction of sp³-hybridized carbons (Fsp3) is 0.464. The maximum absolute atomic E-state index is 12.9. The minimum atomic E-state index is -0.910. The molecule has 2 amide bonds. The van der Waals surface area contributed by atoms with Crippen LogP contribution in [0.4, 0.5) is 4.79 Å². The third-order valence-corrected chi connectivity index (χ3v) is 7.94. The van der Waals surface area contributed by atoms with Crippen molar-refractivity contribution in [1.29, 1.82) is 0 Å². The zero-order valence-corrected chi connectivity index (χ0v) is 20.0. The number of fused-ring (bicyclic) bond motifs is 3. The monoisotopic (exact) mass is 476 g/mol. The normalized spacial score (nSPS) is 19.5. The summed E-state index contributed by atoms with van der Waals surface area (Å²) >= 11 is 0. The first-order chi connectivity index (χ1) is 16.8. The highest BCUT2D eigenvalue weighted by Gasteiger charge is 2.47. The summed E-state index contributed by atoms with van der Waals surface area (Å²) in [5.41, 5.74) is 3.24. The van der Waals surface area contributed by atoms with Crippen molar-refractivity contribution in [2.24, 2.45) is 5.92 Å². The van der Waals surface area contributed by atoms with Gasteiger partial charge in [-0.2, -0.15) is 0 Å². The maximum Gasteiger partial charge on any atom is 0.407 e. The molecule has 3 aliphatic carbocycles. The van der Waals surface area contributed by atoms with Crippen LogP contribution in [0.2, 0.25) is 0 Å². The van der Waals surface area contributed by atoms with Crippen molar-refractivity contribution < 1.29 is 24.2 Å². The lowest BCUT2D eigenvalue weighted by Crippen LogP contribution is -2.58. The molecule has 0 bridgehead atoms. The number of hydrogen-bond acceptors (Lipinski definition) is 4. The first-order valence-electron chi connectivity index (χ1n) is 12.4. The van der Waals surface area contributed by atoms with Crippen LogP contribution >= 0.6 is 0 Å². The fourth-order valence-electron chi connectivity index (χ4n) is 5.79. The topological polar surface area (TPSA) is 105 Å². The largest absolute Gasteiger partial charge is 0.481 e. The second-order valence-corrected chi connectivity index (χ2v) is 10.6. The minimum absolute atomic E-state index is 0.0295. The molecule has 1 atom stereocenters. The predicted octanol–water partition coefficient (Wildman–Crippen LogP) is 4.60. The van der Waals surface area contributed by atoms with Crippen LogP contribution in [0.3, 0.4) is 0 Å². The second kappa shape index (κ2) is 9.02. The van der Waals surface area contributed by atoms with E-state index in [4.69, 9.17) is 4.74 Å². The number of hydrogen-bond donors (Lipinski definition) is 3. The summed E-state index contributed by atoms with van der Waals surface area (Å²) in [6.45, 7) is 2.10. The Morgan fingerprint density at radius 3 is 2.14 bits per heavy atom. The zero-order chi connectivity index (χ0) is 24.6. The summed E-state index contributed by atoms with van der Waals surface area (Å²) in [5.74, 6) is -0.963. The number of carbonyl (C=O) groups is 3. The molecule has 184 valence electrons. The molecule has 0 saturated heterocycles. The van der Waals surface area contributed by atoms with E-state index in [0.29, 0.717) is 12.8 Å². The van der Waals surface area contributed by atoms with Crippen molar-refractivity contribution in [3.63, 3.8) is 0 Å². The van der Waals surface area contributed by atoms with Gasteiger partial charge in [0.15, 0.2) is 0 Å². The molecule has 7 heteroatoms. The molecule has 5 rings (SSSR count). The molecule has 2 fully saturated rings. The number of amides is 2. The fourth-order valence-corrected chi connectivity index (χ4v) is 5.79. The van der Waals surface area contributed by atoms with Gasteiger partial charge < -0.3 is 20.5 Å². The number of carboxylic acids is 1. The Hall–Kier alpha value is -3.35. The van der Waals surface area contributed by atoms with E-state index < -0.39 is 23.1 Å². The van der Waals surface area contributed by atoms with Gasteiger partial charge in [0.2, 0.25) is 5.91 Å². The van der Waals surface area contributed by atoms with E-state index in [1.54, 1.807) is 0 Å². The standard InChI is InChI=1S/C28H32N2O5/c1-27(18-11-12-18,15-24(31)29-28(13-6-14-28)16-25(32)33)30-26(34)35-17-23-21-9-4-2-7-19(21)20-8-3-5-10-22(20)23/h2-5,7-10,18,23H,6,11-17H2,1H3,(H,29,31)(H,30,34)(H,32,33). The third kappa shape index (κ3) is 4.77. The van der Waals surface area contributed by atoms with Gasteiger partial charge in [-0.15, -0.1) is 0 Å². The molecular weight excluding hydrogens is 444 g/mol. The van der Waals surface area contributed by atoms with Gasteiger partial charge >= 0.3 is 12.1 Å². The number of alkyl carbamates (subject to hydrolysis) is 1. The lowest BCUT2D eigenvalue weighted by atomic mass is 9.74. The van der Waals surface area contributed by atoms with Crippen molar-refractivity contribution in [1.82, 2.24) is 10.6 Å². The van der Waals surface area contributed by atoms with E-state index >= 15 is 0 Å². The maximum atomic E-state index is 12.9. The number of nitrogens with one attached hydrogen (secondary N) is 2. The highest BCUT2D eigenvalue weighted by atomic mass is 16.5. The van der Waals surface area contributed by atoms with Gasteiger partial charge in [0.1, 0.15) is 6.61 Å². The number of carbonyl (C=O) groups excluding carboxylic acids is 2. The average Bonchev–Trinajstić information content (AvgIpc) is 3.60. The molecule has 2 aromatic carbocycles. The molecule has 2 saturated carbocycles. The summed E-state index contributed by atoms with van der Waals surface area (Å²) in [6.07, 6.45) is 3.63. The van der Waals surface area contributed by atoms with Crippen LogP contribution in [0.15, 0.2) is 48.5 Å². The quantitative estimate of drug-likeness (QED) is 0.491. The molecule has 0 aromatic heterocycles. The summed E-state index contributed by atoms with van der Waals surface area (Å²) in [7, 11) is 0. The molecule has 0 aliphatic heterocycles. The Bertz CT molecular complexity index is 1110. The van der Waals surface area contributed by atoms with Gasteiger partial charge in [0.05, 0.1) is 17.5 Å². The van der Waals surface area contributed by atoms with E-state index in [-0.39, 0.29) is 37.2 Å². The van der Waals surface area contributed by atoms with Gasteiger partial charge in [-0.25, -0.2) is 4.79 Å². The molecule has 2 aromatic rings. The molecule has 0 spiro atoms. The molecule has 7 nitrogen and oxygen atoms in total. The number of benzene rings is 2. The van der Waals surface area contributed by atoms with Gasteiger partial charge in [-0.1, -0.05) is 48.5 Å². The third-order valence-electron chi connectivity index (χ3n) is 7.94. The van der Waals surface area contributed by atoms with Crippen LogP contribution in [-0.2, 0) is 14.3 Å². The number of ether oxygens (including phenoxy) is 1. The highest BCUT2D eigenvalue weighted by Crippen LogP contribution is 2.45. The average molecular weight is 477 g/mol. The smallest absolute Gasteiger partial charge is 0.407 e. The Balaban J connectivity index is 1.22. The predicted molar refractivity (Wildman–Crippen MR) is 131 cm³/mol. The SMILES string of the molecule is CC(CC(=O)NC1(CC(=O)O)CCC1)(NC(=O)OCC1c2ccccc2-c2ccccc21)C1CC1. The van der Waals surface area contributed by atoms with Crippen molar-refractivity contribution in [2.45, 2.75) is 68.9 Å². The summed E-state index contributed by atoms with van der Waals surface area (Å²) < 4.78 is 5.72. The van der Waals surface area contributed by atoms with Crippen LogP contribution < -0.4 is 10.6 Å². The van der Waals surface area contributed by atoms with E-state index in [2.05, 4.69) is 34.9 Å². The Morgan fingerprint density at radius 1 is 1.03 bits per heavy atom. The van der Waals surface area contributed by atoms with Crippen LogP contribution in [0.5, 0.6) is 0 Å². The molecule has 0 heterocycles. The summed E-state index contributed by atoms with van der Waals surface area (Å²) in [6, 6.07) is 16.4. The molecule has 3 aliphatic rings. The summed E-state index contributed by atoms with van der Waals surface area (Å²) in [4.78, 5) is 37.1. The van der Waals surface area contributed by atoms with Crippen LogP contribution in [0, 0.1) is 5.92 Å². The first-order valence-corrected chi connectivity index (χ1v) is 12.4. The molecule has 0 radical (unpaired) electrons. The van der Waals surface area contributed by atoms with E-state index in [0.717, 1.165) is 30.4 Å². The van der Waals surface area contributed by atoms with Crippen LogP contribution in [-0.4, -0.2) is 40.8 Å². The number of carboxylic acid groups (broad SMARTS) is 1. The van der Waals surface area contributed by atoms with Crippen molar-refractivity contribution in [3.05, 3.63) is 59.7 Å². The second-order valence-electron chi connectivity index (χ2n) is 10.6. The number of aliphatic carboxylic acids is 1. The Morgan fingerprint density at radius 2 is 1.63 bits per heavy atom. The van der Waals surface area contributed by atoms with E-state index in [9.17, 15) is 19.5 Å². The molecule has 35 heavy (non-hydrogen) atoms. The summed E-state index contributed by atoms with van der Waals surface area (Å²) in [5, 5.41) is 15.2. The lowest BCUT2D eigenvalue weighted by Gasteiger charge is -2.42.